The lowest BCUT2D eigenvalue weighted by Gasteiger charge is -2.32. The fraction of sp³-hybridized carbons (Fsp3) is 0.900. The number of amides is 1. The average Bonchev–Trinajstić information content (AvgIpc) is 2.17. The molecule has 0 saturated carbocycles. The molecule has 13 heavy (non-hydrogen) atoms. The van der Waals surface area contributed by atoms with Gasteiger partial charge in [0, 0.05) is 14.1 Å². The van der Waals surface area contributed by atoms with Crippen LogP contribution in [0.15, 0.2) is 0 Å². The first-order valence-corrected chi connectivity index (χ1v) is 5.08. The van der Waals surface area contributed by atoms with Gasteiger partial charge >= 0.3 is 0 Å². The Morgan fingerprint density at radius 2 is 1.77 bits per heavy atom. The highest BCUT2D eigenvalue weighted by Gasteiger charge is 2.23. The van der Waals surface area contributed by atoms with E-state index in [0.717, 1.165) is 13.1 Å². The molecule has 0 N–H and O–H groups in total. The van der Waals surface area contributed by atoms with E-state index in [1.54, 1.807) is 4.90 Å². The minimum atomic E-state index is 0.0651. The van der Waals surface area contributed by atoms with Gasteiger partial charge in [0.1, 0.15) is 0 Å². The molecule has 1 rings (SSSR count). The number of rotatable bonds is 2. The van der Waals surface area contributed by atoms with Crippen LogP contribution >= 0.6 is 0 Å². The van der Waals surface area contributed by atoms with Gasteiger partial charge in [-0.25, -0.2) is 0 Å². The summed E-state index contributed by atoms with van der Waals surface area (Å²) in [6, 6.07) is 0.0651. The molecule has 76 valence electrons. The molecule has 1 atom stereocenters. The van der Waals surface area contributed by atoms with Crippen molar-refractivity contribution in [2.45, 2.75) is 32.2 Å². The minimum Gasteiger partial charge on any atom is -0.347 e. The van der Waals surface area contributed by atoms with Gasteiger partial charge < -0.3 is 4.90 Å². The predicted molar refractivity (Wildman–Crippen MR) is 53.6 cm³/mol. The summed E-state index contributed by atoms with van der Waals surface area (Å²) in [5.74, 6) is 0.224. The van der Waals surface area contributed by atoms with Gasteiger partial charge in [-0.1, -0.05) is 6.42 Å². The lowest BCUT2D eigenvalue weighted by atomic mass is 10.1. The number of hydrogen-bond donors (Lipinski definition) is 0. The maximum atomic E-state index is 11.6. The molecule has 1 heterocycles. The Bertz CT molecular complexity index is 174. The Hall–Kier alpha value is -0.570. The molecule has 3 heteroatoms. The molecule has 1 aliphatic rings. The first-order valence-electron chi connectivity index (χ1n) is 5.08. The zero-order chi connectivity index (χ0) is 9.84. The van der Waals surface area contributed by atoms with Crippen LogP contribution in [0, 0.1) is 0 Å². The number of carbonyl (C=O) groups is 1. The van der Waals surface area contributed by atoms with E-state index in [-0.39, 0.29) is 11.9 Å². The number of likely N-dealkylation sites (N-methyl/N-ethyl adjacent to an activating group) is 1. The van der Waals surface area contributed by atoms with Crippen LogP contribution in [-0.2, 0) is 4.79 Å². The van der Waals surface area contributed by atoms with Crippen molar-refractivity contribution in [3.05, 3.63) is 0 Å². The SMILES string of the molecule is CC(C(=O)N(C)C)N1CCCCC1. The fourth-order valence-corrected chi connectivity index (χ4v) is 1.84. The van der Waals surface area contributed by atoms with Crippen LogP contribution in [0.5, 0.6) is 0 Å². The Morgan fingerprint density at radius 1 is 1.23 bits per heavy atom. The molecule has 3 nitrogen and oxygen atoms in total. The van der Waals surface area contributed by atoms with E-state index in [9.17, 15) is 4.79 Å². The van der Waals surface area contributed by atoms with Crippen molar-refractivity contribution in [1.82, 2.24) is 9.80 Å². The van der Waals surface area contributed by atoms with Gasteiger partial charge in [0.2, 0.25) is 5.91 Å². The summed E-state index contributed by atoms with van der Waals surface area (Å²) in [5, 5.41) is 0. The Kier molecular flexibility index (Phi) is 3.72. The standard InChI is InChI=1S/C10H20N2O/c1-9(10(13)11(2)3)12-7-5-4-6-8-12/h9H,4-8H2,1-3H3. The molecule has 0 aromatic rings. The van der Waals surface area contributed by atoms with Crippen molar-refractivity contribution in [2.24, 2.45) is 0 Å². The molecule has 1 aliphatic heterocycles. The van der Waals surface area contributed by atoms with Gasteiger partial charge in [0.05, 0.1) is 6.04 Å². The zero-order valence-electron chi connectivity index (χ0n) is 8.92. The van der Waals surface area contributed by atoms with Crippen LogP contribution in [0.3, 0.4) is 0 Å². The highest BCUT2D eigenvalue weighted by atomic mass is 16.2. The normalized spacial score (nSPS) is 21.2. The van der Waals surface area contributed by atoms with Gasteiger partial charge in [0.15, 0.2) is 0 Å². The summed E-state index contributed by atoms with van der Waals surface area (Å²) >= 11 is 0. The zero-order valence-corrected chi connectivity index (χ0v) is 8.92. The molecule has 0 aliphatic carbocycles. The Labute approximate surface area is 80.7 Å². The van der Waals surface area contributed by atoms with Crippen molar-refractivity contribution >= 4 is 5.91 Å². The van der Waals surface area contributed by atoms with E-state index in [4.69, 9.17) is 0 Å². The van der Waals surface area contributed by atoms with E-state index in [1.807, 2.05) is 21.0 Å². The second-order valence-corrected chi connectivity index (χ2v) is 4.01. The fourth-order valence-electron chi connectivity index (χ4n) is 1.84. The minimum absolute atomic E-state index is 0.0651. The van der Waals surface area contributed by atoms with Gasteiger partial charge in [0.25, 0.3) is 0 Å². The molecule has 0 aromatic carbocycles. The van der Waals surface area contributed by atoms with Crippen LogP contribution in [0.25, 0.3) is 0 Å². The van der Waals surface area contributed by atoms with Gasteiger partial charge in [-0.3, -0.25) is 9.69 Å². The van der Waals surface area contributed by atoms with Crippen molar-refractivity contribution in [1.29, 1.82) is 0 Å². The monoisotopic (exact) mass is 184 g/mol. The Morgan fingerprint density at radius 3 is 2.23 bits per heavy atom. The maximum absolute atomic E-state index is 11.6. The molecule has 1 unspecified atom stereocenters. The molecular formula is C10H20N2O. The summed E-state index contributed by atoms with van der Waals surface area (Å²) in [6.45, 7) is 4.18. The molecule has 1 fully saturated rings. The van der Waals surface area contributed by atoms with E-state index >= 15 is 0 Å². The molecule has 0 aromatic heterocycles. The quantitative estimate of drug-likeness (QED) is 0.638. The molecule has 1 saturated heterocycles. The Balaban J connectivity index is 2.45. The van der Waals surface area contributed by atoms with Crippen molar-refractivity contribution in [2.75, 3.05) is 27.2 Å². The molecule has 0 radical (unpaired) electrons. The average molecular weight is 184 g/mol. The third-order valence-electron chi connectivity index (χ3n) is 2.74. The van der Waals surface area contributed by atoms with Gasteiger partial charge in [-0.2, -0.15) is 0 Å². The van der Waals surface area contributed by atoms with E-state index < -0.39 is 0 Å². The van der Waals surface area contributed by atoms with Crippen LogP contribution in [-0.4, -0.2) is 48.9 Å². The van der Waals surface area contributed by atoms with Crippen LogP contribution < -0.4 is 0 Å². The van der Waals surface area contributed by atoms with E-state index in [0.29, 0.717) is 0 Å². The predicted octanol–water partition coefficient (Wildman–Crippen LogP) is 0.949. The lowest BCUT2D eigenvalue weighted by molar-refractivity contribution is -0.134. The van der Waals surface area contributed by atoms with Crippen molar-refractivity contribution < 1.29 is 4.79 Å². The number of likely N-dealkylation sites (tertiary alicyclic amines) is 1. The topological polar surface area (TPSA) is 23.6 Å². The van der Waals surface area contributed by atoms with Crippen LogP contribution in [0.2, 0.25) is 0 Å². The summed E-state index contributed by atoms with van der Waals surface area (Å²) in [7, 11) is 3.64. The van der Waals surface area contributed by atoms with Crippen molar-refractivity contribution in [3.8, 4) is 0 Å². The number of piperidine rings is 1. The first kappa shape index (κ1) is 10.5. The summed E-state index contributed by atoms with van der Waals surface area (Å²) < 4.78 is 0. The molecule has 0 bridgehead atoms. The maximum Gasteiger partial charge on any atom is 0.239 e. The third-order valence-corrected chi connectivity index (χ3v) is 2.74. The largest absolute Gasteiger partial charge is 0.347 e. The highest BCUT2D eigenvalue weighted by Crippen LogP contribution is 2.12. The second-order valence-electron chi connectivity index (χ2n) is 4.01. The highest BCUT2D eigenvalue weighted by molar-refractivity contribution is 5.80. The van der Waals surface area contributed by atoms with E-state index in [1.165, 1.54) is 19.3 Å². The smallest absolute Gasteiger partial charge is 0.239 e. The van der Waals surface area contributed by atoms with Gasteiger partial charge in [-0.15, -0.1) is 0 Å². The number of hydrogen-bond acceptors (Lipinski definition) is 2. The van der Waals surface area contributed by atoms with Crippen LogP contribution in [0.1, 0.15) is 26.2 Å². The van der Waals surface area contributed by atoms with Crippen LogP contribution in [0.4, 0.5) is 0 Å². The lowest BCUT2D eigenvalue weighted by Crippen LogP contribution is -2.46. The number of carbonyl (C=O) groups excluding carboxylic acids is 1. The summed E-state index contributed by atoms with van der Waals surface area (Å²) in [6.07, 6.45) is 3.80. The first-order chi connectivity index (χ1) is 6.13. The van der Waals surface area contributed by atoms with E-state index in [2.05, 4.69) is 4.90 Å². The second kappa shape index (κ2) is 4.61. The number of nitrogens with zero attached hydrogens (tertiary/aromatic N) is 2. The molecule has 1 amide bonds. The summed E-state index contributed by atoms with van der Waals surface area (Å²) in [4.78, 5) is 15.6. The summed E-state index contributed by atoms with van der Waals surface area (Å²) in [5.41, 5.74) is 0. The van der Waals surface area contributed by atoms with Gasteiger partial charge in [-0.05, 0) is 32.9 Å². The van der Waals surface area contributed by atoms with Crippen molar-refractivity contribution in [3.63, 3.8) is 0 Å². The molecule has 0 spiro atoms. The third kappa shape index (κ3) is 2.69. The molecular weight excluding hydrogens is 164 g/mol.